The maximum atomic E-state index is 14.4. The van der Waals surface area contributed by atoms with Crippen LogP contribution in [0.25, 0.3) is 0 Å². The lowest BCUT2D eigenvalue weighted by molar-refractivity contribution is -0.179. The van der Waals surface area contributed by atoms with E-state index in [1.54, 1.807) is 20.1 Å². The predicted octanol–water partition coefficient (Wildman–Crippen LogP) is 4.51. The Hall–Kier alpha value is -1.83. The van der Waals surface area contributed by atoms with Gasteiger partial charge in [-0.25, -0.2) is 0 Å². The van der Waals surface area contributed by atoms with Gasteiger partial charge >= 0.3 is 0 Å². The zero-order chi connectivity index (χ0) is 28.4. The van der Waals surface area contributed by atoms with Crippen molar-refractivity contribution in [2.75, 3.05) is 7.11 Å². The second kappa shape index (κ2) is 7.88. The Morgan fingerprint density at radius 3 is 2.26 bits per heavy atom. The summed E-state index contributed by atoms with van der Waals surface area (Å²) in [7, 11) is 1.60. The molecule has 2 N–H and O–H groups in total. The molecule has 1 aliphatic heterocycles. The van der Waals surface area contributed by atoms with Crippen LogP contribution in [-0.4, -0.2) is 58.1 Å². The Bertz CT molecular complexity index is 1170. The minimum absolute atomic E-state index is 0.0457. The molecule has 210 valence electrons. The van der Waals surface area contributed by atoms with Gasteiger partial charge in [-0.3, -0.25) is 14.4 Å². The Morgan fingerprint density at radius 2 is 1.66 bits per heavy atom. The first kappa shape index (κ1) is 27.7. The molecule has 2 saturated carbocycles. The first-order chi connectivity index (χ1) is 17.3. The molecule has 0 bridgehead atoms. The van der Waals surface area contributed by atoms with Gasteiger partial charge in [0.05, 0.1) is 23.2 Å². The molecule has 3 fully saturated rings. The lowest BCUT2D eigenvalue weighted by Gasteiger charge is -2.63. The zero-order valence-corrected chi connectivity index (χ0v) is 24.3. The molecule has 7 heteroatoms. The van der Waals surface area contributed by atoms with Gasteiger partial charge in [-0.15, -0.1) is 0 Å². The summed E-state index contributed by atoms with van der Waals surface area (Å²) in [6, 6.07) is 0. The van der Waals surface area contributed by atoms with Gasteiger partial charge in [0, 0.05) is 37.2 Å². The minimum Gasteiger partial charge on any atom is -0.505 e. The number of carbonyl (C=O) groups excluding carboxylic acids is 3. The van der Waals surface area contributed by atoms with Crippen molar-refractivity contribution in [2.45, 2.75) is 104 Å². The molecule has 4 aliphatic carbocycles. The highest BCUT2D eigenvalue weighted by Crippen LogP contribution is 2.74. The first-order valence-corrected chi connectivity index (χ1v) is 14.0. The van der Waals surface area contributed by atoms with Crippen molar-refractivity contribution in [2.24, 2.45) is 39.4 Å². The molecule has 9 atom stereocenters. The average Bonchev–Trinajstić information content (AvgIpc) is 2.98. The number of allylic oxidation sites excluding steroid dienone is 4. The molecule has 0 amide bonds. The number of hydrogen-bond acceptors (Lipinski definition) is 7. The van der Waals surface area contributed by atoms with Crippen LogP contribution in [0.4, 0.5) is 0 Å². The summed E-state index contributed by atoms with van der Waals surface area (Å²) in [6.45, 7) is 15.3. The Kier molecular flexibility index (Phi) is 5.75. The monoisotopic (exact) mass is 528 g/mol. The van der Waals surface area contributed by atoms with E-state index in [0.717, 1.165) is 5.57 Å². The number of carbonyl (C=O) groups is 3. The molecule has 9 unspecified atom stereocenters. The highest BCUT2D eigenvalue weighted by atomic mass is 16.6. The fraction of sp³-hybridized carbons (Fsp3) is 0.774. The smallest absolute Gasteiger partial charge is 0.206 e. The van der Waals surface area contributed by atoms with Crippen molar-refractivity contribution < 1.29 is 34.1 Å². The van der Waals surface area contributed by atoms with Gasteiger partial charge in [0.15, 0.2) is 11.5 Å². The largest absolute Gasteiger partial charge is 0.505 e. The van der Waals surface area contributed by atoms with Crippen LogP contribution in [0.3, 0.4) is 0 Å². The third kappa shape index (κ3) is 3.15. The normalized spacial score (nSPS) is 48.3. The van der Waals surface area contributed by atoms with Crippen LogP contribution in [0.1, 0.15) is 81.1 Å². The number of Topliss-reactive ketones (excluding diaryl/α,β-unsaturated/α-hetero) is 3. The van der Waals surface area contributed by atoms with E-state index in [1.807, 2.05) is 34.6 Å². The van der Waals surface area contributed by atoms with Crippen LogP contribution >= 0.6 is 0 Å². The summed E-state index contributed by atoms with van der Waals surface area (Å²) in [5, 5.41) is 22.5. The fourth-order valence-corrected chi connectivity index (χ4v) is 9.41. The van der Waals surface area contributed by atoms with Crippen LogP contribution < -0.4 is 0 Å². The van der Waals surface area contributed by atoms with Crippen LogP contribution in [-0.2, 0) is 23.9 Å². The van der Waals surface area contributed by atoms with E-state index < -0.39 is 56.9 Å². The molecule has 1 heterocycles. The van der Waals surface area contributed by atoms with Gasteiger partial charge in [0.1, 0.15) is 11.4 Å². The van der Waals surface area contributed by atoms with Crippen molar-refractivity contribution in [3.8, 4) is 0 Å². The van der Waals surface area contributed by atoms with E-state index in [0.29, 0.717) is 12.8 Å². The molecule has 0 aromatic rings. The van der Waals surface area contributed by atoms with E-state index >= 15 is 0 Å². The Labute approximate surface area is 226 Å². The lowest BCUT2D eigenvalue weighted by atomic mass is 9.39. The number of ketones is 3. The quantitative estimate of drug-likeness (QED) is 0.507. The standard InChI is InChI=1S/C31H44O7/c1-26(2)16-10-11-20-28(5)14-19-24(31(8,36)21(33)13-23(38-19)27(3,4)37-9)29(28,6)15-22(34)30(20,7)17(16)12-18(32)25(26)35/h10,12,17,19-20,23-24,32,36H,11,13-15H2,1-9H3. The molecule has 1 saturated heterocycles. The van der Waals surface area contributed by atoms with Crippen molar-refractivity contribution in [3.05, 3.63) is 23.5 Å². The summed E-state index contributed by atoms with van der Waals surface area (Å²) in [6.07, 6.45) is 4.18. The van der Waals surface area contributed by atoms with Crippen LogP contribution in [0.5, 0.6) is 0 Å². The third-order valence-corrected chi connectivity index (χ3v) is 12.2. The number of fused-ring (bicyclic) bond motifs is 7. The molecule has 5 aliphatic rings. The molecular formula is C31H44O7. The zero-order valence-electron chi connectivity index (χ0n) is 24.3. The number of ether oxygens (including phenoxy) is 2. The maximum Gasteiger partial charge on any atom is 0.206 e. The van der Waals surface area contributed by atoms with Gasteiger partial charge in [0.2, 0.25) is 5.78 Å². The van der Waals surface area contributed by atoms with E-state index in [4.69, 9.17) is 9.47 Å². The number of aliphatic hydroxyl groups is 2. The highest BCUT2D eigenvalue weighted by Gasteiger charge is 2.75. The molecule has 0 aromatic carbocycles. The molecule has 7 nitrogen and oxygen atoms in total. The highest BCUT2D eigenvalue weighted by molar-refractivity contribution is 6.02. The summed E-state index contributed by atoms with van der Waals surface area (Å²) >= 11 is 0. The van der Waals surface area contributed by atoms with Gasteiger partial charge in [-0.2, -0.15) is 0 Å². The molecular weight excluding hydrogens is 484 g/mol. The van der Waals surface area contributed by atoms with Crippen molar-refractivity contribution in [3.63, 3.8) is 0 Å². The van der Waals surface area contributed by atoms with Crippen LogP contribution in [0, 0.1) is 39.4 Å². The van der Waals surface area contributed by atoms with Gasteiger partial charge in [-0.1, -0.05) is 32.4 Å². The Morgan fingerprint density at radius 1 is 1.03 bits per heavy atom. The fourth-order valence-electron chi connectivity index (χ4n) is 9.41. The van der Waals surface area contributed by atoms with Gasteiger partial charge in [0.25, 0.3) is 0 Å². The predicted molar refractivity (Wildman–Crippen MR) is 141 cm³/mol. The average molecular weight is 529 g/mol. The molecule has 0 spiro atoms. The maximum absolute atomic E-state index is 14.4. The van der Waals surface area contributed by atoms with Crippen molar-refractivity contribution in [1.29, 1.82) is 0 Å². The first-order valence-electron chi connectivity index (χ1n) is 14.0. The van der Waals surface area contributed by atoms with E-state index in [2.05, 4.69) is 19.9 Å². The van der Waals surface area contributed by atoms with Gasteiger partial charge < -0.3 is 19.7 Å². The molecule has 5 rings (SSSR count). The van der Waals surface area contributed by atoms with Crippen molar-refractivity contribution >= 4 is 17.3 Å². The topological polar surface area (TPSA) is 110 Å². The van der Waals surface area contributed by atoms with Gasteiger partial charge in [-0.05, 0) is 70.3 Å². The van der Waals surface area contributed by atoms with E-state index in [9.17, 15) is 24.6 Å². The summed E-state index contributed by atoms with van der Waals surface area (Å²) in [5.74, 6) is -1.90. The SMILES string of the molecule is COC(C)(C)C1CC(=O)C(C)(O)C2C(CC3(C)C4CC=C5C(C=C(O)C(=O)C5(C)C)C4(C)C(=O)CC23C)O1. The van der Waals surface area contributed by atoms with Crippen LogP contribution in [0.2, 0.25) is 0 Å². The van der Waals surface area contributed by atoms with Crippen molar-refractivity contribution in [1.82, 2.24) is 0 Å². The van der Waals surface area contributed by atoms with E-state index in [1.165, 1.54) is 0 Å². The summed E-state index contributed by atoms with van der Waals surface area (Å²) in [4.78, 5) is 40.8. The third-order valence-electron chi connectivity index (χ3n) is 12.2. The summed E-state index contributed by atoms with van der Waals surface area (Å²) in [5.41, 5.74) is -4.37. The number of methoxy groups -OCH3 is 1. The molecule has 0 aromatic heterocycles. The second-order valence-corrected chi connectivity index (χ2v) is 14.6. The minimum atomic E-state index is -1.66. The van der Waals surface area contributed by atoms with E-state index in [-0.39, 0.29) is 41.9 Å². The number of hydrogen-bond donors (Lipinski definition) is 2. The molecule has 0 radical (unpaired) electrons. The summed E-state index contributed by atoms with van der Waals surface area (Å²) < 4.78 is 12.4. The Balaban J connectivity index is 1.65. The lowest BCUT2D eigenvalue weighted by Crippen LogP contribution is -2.64. The number of aliphatic hydroxyl groups excluding tert-OH is 1. The van der Waals surface area contributed by atoms with Crippen LogP contribution in [0.15, 0.2) is 23.5 Å². The molecule has 38 heavy (non-hydrogen) atoms. The second-order valence-electron chi connectivity index (χ2n) is 14.6. The number of rotatable bonds is 2.